The number of thiophene rings is 1. The molecule has 9 heteroatoms. The Morgan fingerprint density at radius 2 is 1.87 bits per heavy atom. The number of nitrogens with one attached hydrogen (secondary N) is 1. The van der Waals surface area contributed by atoms with Gasteiger partial charge in [0.15, 0.2) is 0 Å². The monoisotopic (exact) mass is 457 g/mol. The molecule has 0 saturated carbocycles. The van der Waals surface area contributed by atoms with Crippen LogP contribution in [0.15, 0.2) is 66.0 Å². The lowest BCUT2D eigenvalue weighted by molar-refractivity contribution is -0.124. The van der Waals surface area contributed by atoms with Gasteiger partial charge in [-0.3, -0.25) is 9.59 Å². The van der Waals surface area contributed by atoms with Crippen LogP contribution in [0.3, 0.4) is 0 Å². The number of nitrogens with zero attached hydrogens (tertiary/aromatic N) is 2. The third-order valence-corrected chi connectivity index (χ3v) is 5.89. The van der Waals surface area contributed by atoms with E-state index in [1.165, 1.54) is 46.6 Å². The average molecular weight is 458 g/mol. The van der Waals surface area contributed by atoms with Crippen LogP contribution in [0.1, 0.15) is 11.3 Å². The Morgan fingerprint density at radius 3 is 2.55 bits per heavy atom. The number of rotatable bonds is 6. The van der Waals surface area contributed by atoms with Crippen molar-refractivity contribution in [3.63, 3.8) is 0 Å². The normalized spacial score (nSPS) is 16.1. The maximum absolute atomic E-state index is 13.2. The van der Waals surface area contributed by atoms with E-state index in [1.54, 1.807) is 18.2 Å². The number of imide groups is 1. The van der Waals surface area contributed by atoms with Gasteiger partial charge in [0.05, 0.1) is 18.7 Å². The van der Waals surface area contributed by atoms with Crippen LogP contribution in [0.4, 0.5) is 20.6 Å². The highest BCUT2D eigenvalue weighted by atomic mass is 35.5. The lowest BCUT2D eigenvalue weighted by Crippen LogP contribution is -2.37. The minimum Gasteiger partial charge on any atom is -0.326 e. The predicted octanol–water partition coefficient (Wildman–Crippen LogP) is 4.91. The summed E-state index contributed by atoms with van der Waals surface area (Å²) < 4.78 is 13.1. The maximum Gasteiger partial charge on any atom is 0.332 e. The predicted molar refractivity (Wildman–Crippen MR) is 118 cm³/mol. The Balaban J connectivity index is 1.59. The molecule has 1 atom stereocenters. The molecule has 4 rings (SSSR count). The number of halogens is 2. The number of urea groups is 1. The fraction of sp³-hybridized carbons (Fsp3) is 0.136. The van der Waals surface area contributed by atoms with Gasteiger partial charge in [-0.25, -0.2) is 14.1 Å². The first-order valence-electron chi connectivity index (χ1n) is 9.40. The molecule has 1 saturated heterocycles. The lowest BCUT2D eigenvalue weighted by atomic mass is 10.1. The largest absolute Gasteiger partial charge is 0.332 e. The maximum atomic E-state index is 13.2. The molecule has 0 aliphatic carbocycles. The zero-order chi connectivity index (χ0) is 22.0. The van der Waals surface area contributed by atoms with E-state index < -0.39 is 29.7 Å². The number of hydrogen-bond donors (Lipinski definition) is 1. The molecule has 0 spiro atoms. The topological polar surface area (TPSA) is 69.7 Å². The lowest BCUT2D eigenvalue weighted by Gasteiger charge is -2.21. The van der Waals surface area contributed by atoms with Gasteiger partial charge < -0.3 is 10.2 Å². The van der Waals surface area contributed by atoms with E-state index in [2.05, 4.69) is 5.32 Å². The van der Waals surface area contributed by atoms with Gasteiger partial charge in [-0.05, 0) is 53.9 Å². The van der Waals surface area contributed by atoms with Crippen LogP contribution in [-0.2, 0) is 16.1 Å². The molecule has 1 unspecified atom stereocenters. The highest BCUT2D eigenvalue weighted by Gasteiger charge is 2.46. The van der Waals surface area contributed by atoms with Gasteiger partial charge in [-0.2, -0.15) is 0 Å². The van der Waals surface area contributed by atoms with Crippen molar-refractivity contribution >= 4 is 52.2 Å². The van der Waals surface area contributed by atoms with Gasteiger partial charge in [0.25, 0.3) is 5.91 Å². The second kappa shape index (κ2) is 8.87. The minimum absolute atomic E-state index is 0.202. The summed E-state index contributed by atoms with van der Waals surface area (Å²) in [5.74, 6) is -1.38. The number of carbonyl (C=O) groups excluding carboxylic acids is 3. The Kier molecular flexibility index (Phi) is 6.01. The number of amides is 4. The van der Waals surface area contributed by atoms with E-state index in [-0.39, 0.29) is 13.0 Å². The van der Waals surface area contributed by atoms with E-state index >= 15 is 0 Å². The first kappa shape index (κ1) is 21.0. The fourth-order valence-electron chi connectivity index (χ4n) is 3.36. The van der Waals surface area contributed by atoms with Gasteiger partial charge in [0.1, 0.15) is 11.9 Å². The quantitative estimate of drug-likeness (QED) is 0.535. The Morgan fingerprint density at radius 1 is 1.10 bits per heavy atom. The highest BCUT2D eigenvalue weighted by Crippen LogP contribution is 2.30. The first-order valence-corrected chi connectivity index (χ1v) is 10.7. The molecule has 1 aliphatic heterocycles. The van der Waals surface area contributed by atoms with Crippen LogP contribution in [0.2, 0.25) is 5.02 Å². The van der Waals surface area contributed by atoms with Crippen LogP contribution < -0.4 is 10.2 Å². The van der Waals surface area contributed by atoms with E-state index in [4.69, 9.17) is 11.6 Å². The highest BCUT2D eigenvalue weighted by molar-refractivity contribution is 7.09. The molecule has 158 valence electrons. The smallest absolute Gasteiger partial charge is 0.326 e. The fourth-order valence-corrected chi connectivity index (χ4v) is 4.25. The summed E-state index contributed by atoms with van der Waals surface area (Å²) in [7, 11) is 0. The molecular formula is C22H17ClFN3O3S. The van der Waals surface area contributed by atoms with Crippen LogP contribution >= 0.6 is 22.9 Å². The van der Waals surface area contributed by atoms with Crippen LogP contribution in [0.5, 0.6) is 0 Å². The number of carbonyl (C=O) groups is 3. The van der Waals surface area contributed by atoms with E-state index in [0.717, 1.165) is 9.78 Å². The molecule has 1 aromatic heterocycles. The Hall–Kier alpha value is -3.23. The van der Waals surface area contributed by atoms with Gasteiger partial charge in [0, 0.05) is 15.6 Å². The summed E-state index contributed by atoms with van der Waals surface area (Å²) in [6, 6.07) is 14.0. The molecule has 31 heavy (non-hydrogen) atoms. The third-order valence-electron chi connectivity index (χ3n) is 4.80. The molecule has 4 amide bonds. The first-order chi connectivity index (χ1) is 14.9. The Labute approximate surface area is 186 Å². The van der Waals surface area contributed by atoms with E-state index in [0.29, 0.717) is 16.4 Å². The molecule has 0 radical (unpaired) electrons. The summed E-state index contributed by atoms with van der Waals surface area (Å²) >= 11 is 7.50. The summed E-state index contributed by atoms with van der Waals surface area (Å²) in [5.41, 5.74) is 0.750. The number of hydrogen-bond acceptors (Lipinski definition) is 4. The van der Waals surface area contributed by atoms with Crippen LogP contribution in [0, 0.1) is 5.82 Å². The van der Waals surface area contributed by atoms with Crippen molar-refractivity contribution in [1.82, 2.24) is 4.90 Å². The van der Waals surface area contributed by atoms with Gasteiger partial charge >= 0.3 is 6.03 Å². The summed E-state index contributed by atoms with van der Waals surface area (Å²) in [4.78, 5) is 42.3. The third kappa shape index (κ3) is 4.60. The van der Waals surface area contributed by atoms with Gasteiger partial charge in [-0.1, -0.05) is 23.7 Å². The molecule has 6 nitrogen and oxygen atoms in total. The number of anilines is 2. The van der Waals surface area contributed by atoms with Crippen molar-refractivity contribution in [3.8, 4) is 0 Å². The molecule has 0 bridgehead atoms. The van der Waals surface area contributed by atoms with Crippen molar-refractivity contribution in [2.45, 2.75) is 19.0 Å². The van der Waals surface area contributed by atoms with E-state index in [9.17, 15) is 18.8 Å². The van der Waals surface area contributed by atoms with Crippen molar-refractivity contribution in [2.75, 3.05) is 10.2 Å². The zero-order valence-corrected chi connectivity index (χ0v) is 17.7. The van der Waals surface area contributed by atoms with Crippen LogP contribution in [0.25, 0.3) is 0 Å². The summed E-state index contributed by atoms with van der Waals surface area (Å²) in [6.45, 7) is 0.202. The average Bonchev–Trinajstić information content (AvgIpc) is 3.32. The Bertz CT molecular complexity index is 1120. The van der Waals surface area contributed by atoms with E-state index in [1.807, 2.05) is 17.5 Å². The molecule has 2 aromatic carbocycles. The number of benzene rings is 2. The van der Waals surface area contributed by atoms with Crippen molar-refractivity contribution < 1.29 is 18.8 Å². The molecule has 2 heterocycles. The van der Waals surface area contributed by atoms with Gasteiger partial charge in [-0.15, -0.1) is 11.3 Å². The van der Waals surface area contributed by atoms with Crippen molar-refractivity contribution in [3.05, 3.63) is 81.8 Å². The SMILES string of the molecule is O=C(CC1C(=O)N(c2cccc(Cl)c2)C(=O)N1Cc1cccs1)Nc1ccc(F)cc1. The standard InChI is InChI=1S/C22H17ClFN3O3S/c23-14-3-1-4-17(11-14)27-21(29)19(26(22(27)30)13-18-5-2-10-31-18)12-20(28)25-16-8-6-15(24)7-9-16/h1-11,19H,12-13H2,(H,25,28). The zero-order valence-electron chi connectivity index (χ0n) is 16.1. The molecule has 1 N–H and O–H groups in total. The second-order valence-electron chi connectivity index (χ2n) is 6.92. The van der Waals surface area contributed by atoms with Crippen LogP contribution in [-0.4, -0.2) is 28.8 Å². The summed E-state index contributed by atoms with van der Waals surface area (Å²) in [5, 5.41) is 4.91. The minimum atomic E-state index is -0.978. The molecular weight excluding hydrogens is 441 g/mol. The summed E-state index contributed by atoms with van der Waals surface area (Å²) in [6.07, 6.45) is -0.232. The second-order valence-corrected chi connectivity index (χ2v) is 8.39. The molecule has 1 aliphatic rings. The molecule has 1 fully saturated rings. The molecule has 3 aromatic rings. The van der Waals surface area contributed by atoms with Crippen molar-refractivity contribution in [2.24, 2.45) is 0 Å². The van der Waals surface area contributed by atoms with Gasteiger partial charge in [0.2, 0.25) is 5.91 Å². The van der Waals surface area contributed by atoms with Crippen molar-refractivity contribution in [1.29, 1.82) is 0 Å².